The van der Waals surface area contributed by atoms with Crippen LogP contribution in [0.1, 0.15) is 29.6 Å². The third-order valence-electron chi connectivity index (χ3n) is 4.01. The third kappa shape index (κ3) is 3.69. The number of piperidine rings is 1. The van der Waals surface area contributed by atoms with E-state index in [4.69, 9.17) is 5.73 Å². The van der Waals surface area contributed by atoms with Crippen LogP contribution in [0.4, 0.5) is 0 Å². The molecule has 1 unspecified atom stereocenters. The molecule has 0 radical (unpaired) electrons. The zero-order valence-corrected chi connectivity index (χ0v) is 13.9. The number of hydrogen-bond acceptors (Lipinski definition) is 3. The third-order valence-corrected chi connectivity index (χ3v) is 4.01. The van der Waals surface area contributed by atoms with Gasteiger partial charge in [-0.1, -0.05) is 6.07 Å². The molecule has 22 heavy (non-hydrogen) atoms. The molecule has 1 aliphatic rings. The van der Waals surface area contributed by atoms with Gasteiger partial charge in [-0.25, -0.2) is 0 Å². The van der Waals surface area contributed by atoms with Crippen LogP contribution in [0.5, 0.6) is 0 Å². The molecule has 0 spiro atoms. The first-order valence-electron chi connectivity index (χ1n) is 7.15. The molecule has 3 rings (SSSR count). The highest BCUT2D eigenvalue weighted by Gasteiger charge is 2.26. The van der Waals surface area contributed by atoms with Crippen molar-refractivity contribution in [3.8, 4) is 0 Å². The van der Waals surface area contributed by atoms with Gasteiger partial charge in [-0.05, 0) is 43.5 Å². The van der Waals surface area contributed by atoms with Crippen LogP contribution in [0, 0.1) is 0 Å². The number of halogens is 2. The van der Waals surface area contributed by atoms with Gasteiger partial charge in [-0.3, -0.25) is 9.78 Å². The summed E-state index contributed by atoms with van der Waals surface area (Å²) in [6, 6.07) is 9.74. The maximum absolute atomic E-state index is 12.7. The summed E-state index contributed by atoms with van der Waals surface area (Å²) in [5.41, 5.74) is 7.44. The number of likely N-dealkylation sites (tertiary alicyclic amines) is 1. The molecule has 0 aliphatic carbocycles. The highest BCUT2D eigenvalue weighted by Crippen LogP contribution is 2.21. The molecule has 1 fully saturated rings. The molecule has 1 saturated heterocycles. The van der Waals surface area contributed by atoms with Crippen LogP contribution in [-0.2, 0) is 0 Å². The van der Waals surface area contributed by atoms with E-state index in [1.54, 1.807) is 6.20 Å². The van der Waals surface area contributed by atoms with Crippen molar-refractivity contribution in [2.75, 3.05) is 13.1 Å². The zero-order valence-electron chi connectivity index (χ0n) is 12.3. The molecular formula is C16H21Cl2N3O. The highest BCUT2D eigenvalue weighted by molar-refractivity contribution is 5.98. The van der Waals surface area contributed by atoms with Crippen LogP contribution in [0.15, 0.2) is 36.5 Å². The Morgan fingerprint density at radius 1 is 1.27 bits per heavy atom. The predicted molar refractivity (Wildman–Crippen MR) is 94.0 cm³/mol. The number of nitrogens with two attached hydrogens (primary N) is 1. The number of pyridine rings is 1. The summed E-state index contributed by atoms with van der Waals surface area (Å²) in [7, 11) is 0. The number of carbonyl (C=O) groups excluding carboxylic acids is 1. The monoisotopic (exact) mass is 341 g/mol. The van der Waals surface area contributed by atoms with E-state index in [-0.39, 0.29) is 36.8 Å². The summed E-state index contributed by atoms with van der Waals surface area (Å²) in [5, 5.41) is 1.000. The van der Waals surface area contributed by atoms with Crippen molar-refractivity contribution in [2.45, 2.75) is 25.3 Å². The Morgan fingerprint density at radius 3 is 2.86 bits per heavy atom. The van der Waals surface area contributed by atoms with E-state index in [0.29, 0.717) is 6.54 Å². The van der Waals surface area contributed by atoms with Crippen molar-refractivity contribution in [3.05, 3.63) is 42.1 Å². The molecule has 2 aromatic rings. The molecule has 0 saturated carbocycles. The number of carbonyl (C=O) groups is 1. The lowest BCUT2D eigenvalue weighted by Gasteiger charge is -2.35. The van der Waals surface area contributed by atoms with Crippen LogP contribution >= 0.6 is 24.8 Å². The molecule has 1 atom stereocenters. The van der Waals surface area contributed by atoms with Gasteiger partial charge in [0.15, 0.2) is 0 Å². The average molecular weight is 342 g/mol. The molecule has 2 heterocycles. The van der Waals surface area contributed by atoms with Crippen LogP contribution in [-0.4, -0.2) is 34.9 Å². The van der Waals surface area contributed by atoms with Crippen molar-refractivity contribution < 1.29 is 4.79 Å². The molecule has 120 valence electrons. The van der Waals surface area contributed by atoms with Crippen molar-refractivity contribution in [3.63, 3.8) is 0 Å². The Morgan fingerprint density at radius 2 is 2.09 bits per heavy atom. The quantitative estimate of drug-likeness (QED) is 0.913. The molecule has 4 nitrogen and oxygen atoms in total. The fourth-order valence-corrected chi connectivity index (χ4v) is 2.89. The molecule has 1 aromatic heterocycles. The van der Waals surface area contributed by atoms with E-state index in [0.717, 1.165) is 42.3 Å². The summed E-state index contributed by atoms with van der Waals surface area (Å²) in [6.45, 7) is 1.35. The first-order valence-corrected chi connectivity index (χ1v) is 7.15. The predicted octanol–water partition coefficient (Wildman–Crippen LogP) is 3.03. The second kappa shape index (κ2) is 8.32. The Kier molecular flexibility index (Phi) is 7.07. The number of benzene rings is 1. The average Bonchev–Trinajstić information content (AvgIpc) is 2.53. The Labute approximate surface area is 142 Å². The summed E-state index contributed by atoms with van der Waals surface area (Å²) >= 11 is 0. The van der Waals surface area contributed by atoms with E-state index in [9.17, 15) is 4.79 Å². The van der Waals surface area contributed by atoms with Gasteiger partial charge in [0.1, 0.15) is 0 Å². The summed E-state index contributed by atoms with van der Waals surface area (Å²) in [4.78, 5) is 18.9. The molecule has 2 N–H and O–H groups in total. The summed E-state index contributed by atoms with van der Waals surface area (Å²) < 4.78 is 0. The van der Waals surface area contributed by atoms with Gasteiger partial charge >= 0.3 is 0 Å². The van der Waals surface area contributed by atoms with Gasteiger partial charge in [0.05, 0.1) is 5.52 Å². The SMILES string of the molecule is Cl.Cl.NCC1CCCCN1C(=O)c1ccc2ncccc2c1. The first kappa shape index (κ1) is 18.7. The van der Waals surface area contributed by atoms with E-state index in [1.165, 1.54) is 0 Å². The van der Waals surface area contributed by atoms with Crippen molar-refractivity contribution >= 4 is 41.6 Å². The highest BCUT2D eigenvalue weighted by atomic mass is 35.5. The van der Waals surface area contributed by atoms with E-state index < -0.39 is 0 Å². The topological polar surface area (TPSA) is 59.2 Å². The van der Waals surface area contributed by atoms with E-state index in [2.05, 4.69) is 4.98 Å². The van der Waals surface area contributed by atoms with Crippen LogP contribution in [0.2, 0.25) is 0 Å². The van der Waals surface area contributed by atoms with Crippen molar-refractivity contribution in [1.82, 2.24) is 9.88 Å². The molecule has 1 aromatic carbocycles. The van der Waals surface area contributed by atoms with Gasteiger partial charge in [-0.15, -0.1) is 24.8 Å². The minimum absolute atomic E-state index is 0. The second-order valence-electron chi connectivity index (χ2n) is 5.29. The van der Waals surface area contributed by atoms with E-state index in [1.807, 2.05) is 35.2 Å². The number of fused-ring (bicyclic) bond motifs is 1. The Bertz CT molecular complexity index is 636. The van der Waals surface area contributed by atoms with Crippen molar-refractivity contribution in [2.24, 2.45) is 5.73 Å². The fraction of sp³-hybridized carbons (Fsp3) is 0.375. The maximum Gasteiger partial charge on any atom is 0.254 e. The maximum atomic E-state index is 12.7. The van der Waals surface area contributed by atoms with Gasteiger partial charge in [-0.2, -0.15) is 0 Å². The number of rotatable bonds is 2. The fourth-order valence-electron chi connectivity index (χ4n) is 2.89. The largest absolute Gasteiger partial charge is 0.334 e. The van der Waals surface area contributed by atoms with E-state index >= 15 is 0 Å². The molecular weight excluding hydrogens is 321 g/mol. The van der Waals surface area contributed by atoms with Gasteiger partial charge in [0, 0.05) is 36.3 Å². The van der Waals surface area contributed by atoms with Gasteiger partial charge in [0.2, 0.25) is 0 Å². The van der Waals surface area contributed by atoms with Crippen LogP contribution < -0.4 is 5.73 Å². The number of hydrogen-bond donors (Lipinski definition) is 1. The molecule has 6 heteroatoms. The van der Waals surface area contributed by atoms with Crippen LogP contribution in [0.3, 0.4) is 0 Å². The molecule has 1 amide bonds. The Hall–Kier alpha value is -1.36. The normalized spacial score (nSPS) is 17.5. The minimum atomic E-state index is 0. The summed E-state index contributed by atoms with van der Waals surface area (Å²) in [6.07, 6.45) is 5.00. The molecule has 1 aliphatic heterocycles. The standard InChI is InChI=1S/C16H19N3O.2ClH/c17-11-14-5-1-2-9-19(14)16(20)13-6-7-15-12(10-13)4-3-8-18-15;;/h3-4,6-8,10,14H,1-2,5,9,11,17H2;2*1H. The first-order chi connectivity index (χ1) is 9.79. The van der Waals surface area contributed by atoms with Crippen molar-refractivity contribution in [1.29, 1.82) is 0 Å². The minimum Gasteiger partial charge on any atom is -0.334 e. The Balaban J connectivity index is 0.00000121. The number of amides is 1. The lowest BCUT2D eigenvalue weighted by atomic mass is 10.0. The van der Waals surface area contributed by atoms with Gasteiger partial charge < -0.3 is 10.6 Å². The number of nitrogens with zero attached hydrogens (tertiary/aromatic N) is 2. The summed E-state index contributed by atoms with van der Waals surface area (Å²) in [5.74, 6) is 0.0888. The van der Waals surface area contributed by atoms with Gasteiger partial charge in [0.25, 0.3) is 5.91 Å². The molecule has 0 bridgehead atoms. The zero-order chi connectivity index (χ0) is 13.9. The van der Waals surface area contributed by atoms with Crippen LogP contribution in [0.25, 0.3) is 10.9 Å². The second-order valence-corrected chi connectivity index (χ2v) is 5.29. The lowest BCUT2D eigenvalue weighted by molar-refractivity contribution is 0.0623. The lowest BCUT2D eigenvalue weighted by Crippen LogP contribution is -2.47. The smallest absolute Gasteiger partial charge is 0.254 e. The number of aromatic nitrogens is 1.